The van der Waals surface area contributed by atoms with Crippen molar-refractivity contribution in [1.82, 2.24) is 15.0 Å². The quantitative estimate of drug-likeness (QED) is 0.475. The minimum atomic E-state index is -1.84. The van der Waals surface area contributed by atoms with Gasteiger partial charge in [0.15, 0.2) is 0 Å². The molecule has 54 valence electrons. The van der Waals surface area contributed by atoms with Gasteiger partial charge in [-0.05, 0) is 0 Å². The zero-order valence-corrected chi connectivity index (χ0v) is 5.30. The monoisotopic (exact) mass is 143 g/mol. The molecule has 1 rings (SSSR count). The van der Waals surface area contributed by atoms with Crippen molar-refractivity contribution in [2.24, 2.45) is 7.05 Å². The van der Waals surface area contributed by atoms with Crippen molar-refractivity contribution in [3.8, 4) is 5.88 Å². The van der Waals surface area contributed by atoms with Crippen LogP contribution in [0.4, 0.5) is 0 Å². The molecular formula is C3H6BN3O3. The molecule has 0 unspecified atom stereocenters. The first kappa shape index (κ1) is 7.04. The lowest BCUT2D eigenvalue weighted by Crippen LogP contribution is -2.20. The van der Waals surface area contributed by atoms with Gasteiger partial charge in [0, 0.05) is 7.05 Å². The molecule has 0 spiro atoms. The summed E-state index contributed by atoms with van der Waals surface area (Å²) in [5.41, 5.74) is 0. The third kappa shape index (κ3) is 1.71. The van der Waals surface area contributed by atoms with Gasteiger partial charge < -0.3 is 14.7 Å². The van der Waals surface area contributed by atoms with Crippen LogP contribution < -0.4 is 4.65 Å². The van der Waals surface area contributed by atoms with Crippen LogP contribution in [0, 0.1) is 0 Å². The van der Waals surface area contributed by atoms with Crippen molar-refractivity contribution in [3.05, 3.63) is 6.20 Å². The molecule has 0 aromatic carbocycles. The van der Waals surface area contributed by atoms with E-state index in [1.165, 1.54) is 11.0 Å². The van der Waals surface area contributed by atoms with Gasteiger partial charge in [-0.1, -0.05) is 0 Å². The minimum absolute atomic E-state index is 0.0810. The number of hydrogen-bond donors (Lipinski definition) is 2. The maximum Gasteiger partial charge on any atom is 0.708 e. The largest absolute Gasteiger partial charge is 0.708 e. The first-order valence-corrected chi connectivity index (χ1v) is 2.57. The number of nitrogens with zero attached hydrogens (tertiary/aromatic N) is 3. The van der Waals surface area contributed by atoms with E-state index >= 15 is 0 Å². The van der Waals surface area contributed by atoms with E-state index in [9.17, 15) is 0 Å². The third-order valence-electron chi connectivity index (χ3n) is 0.805. The Kier molecular flexibility index (Phi) is 1.88. The summed E-state index contributed by atoms with van der Waals surface area (Å²) in [4.78, 5) is 1.25. The van der Waals surface area contributed by atoms with Crippen molar-refractivity contribution in [2.45, 2.75) is 0 Å². The number of aromatic nitrogens is 3. The van der Waals surface area contributed by atoms with E-state index in [0.717, 1.165) is 0 Å². The second kappa shape index (κ2) is 2.67. The molecule has 0 bridgehead atoms. The SMILES string of the molecule is Cn1ncc(OB(O)O)n1. The highest BCUT2D eigenvalue weighted by Crippen LogP contribution is 2.00. The zero-order valence-electron chi connectivity index (χ0n) is 5.30. The molecule has 0 fully saturated rings. The van der Waals surface area contributed by atoms with Crippen LogP contribution in [0.2, 0.25) is 0 Å². The molecule has 7 heteroatoms. The summed E-state index contributed by atoms with van der Waals surface area (Å²) < 4.78 is 4.35. The lowest BCUT2D eigenvalue weighted by Gasteiger charge is -1.95. The van der Waals surface area contributed by atoms with Gasteiger partial charge in [0.05, 0.1) is 0 Å². The predicted octanol–water partition coefficient (Wildman–Crippen LogP) is -1.84. The molecule has 0 aliphatic carbocycles. The first-order valence-electron chi connectivity index (χ1n) is 2.57. The van der Waals surface area contributed by atoms with Crippen LogP contribution in [0.25, 0.3) is 0 Å². The Hall–Kier alpha value is -1.08. The van der Waals surface area contributed by atoms with Crippen molar-refractivity contribution >= 4 is 7.32 Å². The maximum atomic E-state index is 8.27. The van der Waals surface area contributed by atoms with E-state index in [-0.39, 0.29) is 5.88 Å². The van der Waals surface area contributed by atoms with Crippen LogP contribution in [-0.4, -0.2) is 32.4 Å². The first-order chi connectivity index (χ1) is 4.68. The molecule has 1 heterocycles. The highest BCUT2D eigenvalue weighted by molar-refractivity contribution is 6.33. The van der Waals surface area contributed by atoms with Crippen molar-refractivity contribution in [3.63, 3.8) is 0 Å². The molecular weight excluding hydrogens is 137 g/mol. The van der Waals surface area contributed by atoms with Crippen molar-refractivity contribution in [1.29, 1.82) is 0 Å². The van der Waals surface area contributed by atoms with Gasteiger partial charge >= 0.3 is 7.32 Å². The molecule has 1 aromatic heterocycles. The van der Waals surface area contributed by atoms with E-state index in [0.29, 0.717) is 0 Å². The van der Waals surface area contributed by atoms with Crippen LogP contribution in [0.1, 0.15) is 0 Å². The van der Waals surface area contributed by atoms with Gasteiger partial charge in [0.1, 0.15) is 6.20 Å². The molecule has 0 saturated carbocycles. The number of rotatable bonds is 2. The topological polar surface area (TPSA) is 80.4 Å². The summed E-state index contributed by atoms with van der Waals surface area (Å²) >= 11 is 0. The van der Waals surface area contributed by atoms with Gasteiger partial charge in [0.2, 0.25) is 5.88 Å². The molecule has 0 amide bonds. The van der Waals surface area contributed by atoms with Crippen molar-refractivity contribution < 1.29 is 14.7 Å². The molecule has 10 heavy (non-hydrogen) atoms. The second-order valence-electron chi connectivity index (χ2n) is 1.62. The lowest BCUT2D eigenvalue weighted by atomic mass is 10.3. The molecule has 2 N–H and O–H groups in total. The fourth-order valence-electron chi connectivity index (χ4n) is 0.489. The van der Waals surface area contributed by atoms with Gasteiger partial charge in [-0.3, -0.25) is 0 Å². The Morgan fingerprint density at radius 1 is 1.70 bits per heavy atom. The van der Waals surface area contributed by atoms with Crippen LogP contribution in [-0.2, 0) is 7.05 Å². The van der Waals surface area contributed by atoms with Crippen LogP contribution in [0.5, 0.6) is 5.88 Å². The van der Waals surface area contributed by atoms with Crippen LogP contribution in [0.15, 0.2) is 6.20 Å². The average molecular weight is 143 g/mol. The lowest BCUT2D eigenvalue weighted by molar-refractivity contribution is 0.282. The fraction of sp³-hybridized carbons (Fsp3) is 0.333. The van der Waals surface area contributed by atoms with Crippen LogP contribution in [0.3, 0.4) is 0 Å². The summed E-state index contributed by atoms with van der Waals surface area (Å²) in [6.45, 7) is 0. The van der Waals surface area contributed by atoms with E-state index < -0.39 is 7.32 Å². The average Bonchev–Trinajstić information content (AvgIpc) is 2.13. The molecule has 0 saturated heterocycles. The summed E-state index contributed by atoms with van der Waals surface area (Å²) in [5.74, 6) is 0.0810. The van der Waals surface area contributed by atoms with Gasteiger partial charge in [0.25, 0.3) is 0 Å². The van der Waals surface area contributed by atoms with E-state index in [1.54, 1.807) is 7.05 Å². The highest BCUT2D eigenvalue weighted by Gasteiger charge is 2.12. The Labute approximate surface area is 57.2 Å². The summed E-state index contributed by atoms with van der Waals surface area (Å²) in [6.07, 6.45) is 1.28. The Bertz CT molecular complexity index is 213. The fourth-order valence-corrected chi connectivity index (χ4v) is 0.489. The predicted molar refractivity (Wildman–Crippen MR) is 31.8 cm³/mol. The number of aryl methyl sites for hydroxylation is 1. The molecule has 0 aliphatic rings. The molecule has 0 atom stereocenters. The maximum absolute atomic E-state index is 8.27. The zero-order chi connectivity index (χ0) is 7.56. The molecule has 1 aromatic rings. The Morgan fingerprint density at radius 2 is 2.40 bits per heavy atom. The summed E-state index contributed by atoms with van der Waals surface area (Å²) in [7, 11) is -0.243. The smallest absolute Gasteiger partial charge is 0.495 e. The van der Waals surface area contributed by atoms with Gasteiger partial charge in [-0.25, -0.2) is 0 Å². The van der Waals surface area contributed by atoms with Gasteiger partial charge in [-0.15, -0.1) is 5.10 Å². The Balaban J connectivity index is 2.58. The Morgan fingerprint density at radius 3 is 2.80 bits per heavy atom. The van der Waals surface area contributed by atoms with E-state index in [2.05, 4.69) is 14.9 Å². The molecule has 0 radical (unpaired) electrons. The van der Waals surface area contributed by atoms with Gasteiger partial charge in [-0.2, -0.15) is 9.90 Å². The second-order valence-corrected chi connectivity index (χ2v) is 1.62. The van der Waals surface area contributed by atoms with Crippen LogP contribution >= 0.6 is 0 Å². The normalized spacial score (nSPS) is 9.50. The highest BCUT2D eigenvalue weighted by atomic mass is 16.6. The molecule has 6 nitrogen and oxygen atoms in total. The number of hydrogen-bond acceptors (Lipinski definition) is 5. The van der Waals surface area contributed by atoms with E-state index in [4.69, 9.17) is 10.0 Å². The minimum Gasteiger partial charge on any atom is -0.495 e. The third-order valence-corrected chi connectivity index (χ3v) is 0.805. The van der Waals surface area contributed by atoms with E-state index in [1.807, 2.05) is 0 Å². The summed E-state index contributed by atoms with van der Waals surface area (Å²) in [6, 6.07) is 0. The standard InChI is InChI=1S/C3H6BN3O3/c1-7-5-2-3(6-7)10-4(8)9/h2,8-9H,1H3. The summed E-state index contributed by atoms with van der Waals surface area (Å²) in [5, 5.41) is 23.8. The van der Waals surface area contributed by atoms with Crippen molar-refractivity contribution in [2.75, 3.05) is 0 Å². The molecule has 0 aliphatic heterocycles.